The summed E-state index contributed by atoms with van der Waals surface area (Å²) in [5, 5.41) is 17.4. The van der Waals surface area contributed by atoms with Gasteiger partial charge in [-0.2, -0.15) is 0 Å². The van der Waals surface area contributed by atoms with E-state index in [9.17, 15) is 9.59 Å². The molecule has 0 aliphatic rings. The fourth-order valence-corrected chi connectivity index (χ4v) is 1.93. The lowest BCUT2D eigenvalue weighted by molar-refractivity contribution is -0.141. The monoisotopic (exact) mass is 268 g/mol. The molecule has 4 nitrogen and oxygen atoms in total. The Morgan fingerprint density at radius 2 is 1.79 bits per heavy atom. The minimum atomic E-state index is -0.809. The van der Waals surface area contributed by atoms with Crippen molar-refractivity contribution in [1.29, 1.82) is 0 Å². The number of carboxylic acid groups (broad SMARTS) is 2. The van der Waals surface area contributed by atoms with E-state index in [0.717, 1.165) is 25.7 Å². The van der Waals surface area contributed by atoms with Crippen molar-refractivity contribution >= 4 is 11.9 Å². The van der Waals surface area contributed by atoms with Crippen molar-refractivity contribution in [2.45, 2.75) is 45.4 Å². The summed E-state index contributed by atoms with van der Waals surface area (Å²) in [6, 6.07) is 0. The molecule has 2 unspecified atom stereocenters. The average molecular weight is 268 g/mol. The number of aliphatic carboxylic acids is 2. The summed E-state index contributed by atoms with van der Waals surface area (Å²) in [5.74, 6) is -1.95. The highest BCUT2D eigenvalue weighted by atomic mass is 16.4. The van der Waals surface area contributed by atoms with Gasteiger partial charge in [-0.25, -0.2) is 0 Å². The minimum absolute atomic E-state index is 0.103. The third-order valence-corrected chi connectivity index (χ3v) is 3.12. The van der Waals surface area contributed by atoms with Crippen LogP contribution in [-0.4, -0.2) is 22.2 Å². The van der Waals surface area contributed by atoms with Crippen LogP contribution in [0.5, 0.6) is 0 Å². The SMILES string of the molecule is C=CC(C(=O)O)C(C)CCCCC=CCCC(=O)O. The Bertz CT molecular complexity index is 320. The number of allylic oxidation sites excluding steroid dienone is 2. The molecule has 0 radical (unpaired) electrons. The van der Waals surface area contributed by atoms with Gasteiger partial charge in [0.05, 0.1) is 5.92 Å². The minimum Gasteiger partial charge on any atom is -0.481 e. The number of carboxylic acids is 2. The van der Waals surface area contributed by atoms with E-state index in [2.05, 4.69) is 6.58 Å². The van der Waals surface area contributed by atoms with E-state index < -0.39 is 17.9 Å². The van der Waals surface area contributed by atoms with Crippen molar-refractivity contribution in [3.8, 4) is 0 Å². The van der Waals surface area contributed by atoms with Gasteiger partial charge in [-0.3, -0.25) is 9.59 Å². The highest BCUT2D eigenvalue weighted by molar-refractivity contribution is 5.72. The molecule has 0 spiro atoms. The summed E-state index contributed by atoms with van der Waals surface area (Å²) in [7, 11) is 0. The van der Waals surface area contributed by atoms with Gasteiger partial charge in [0.25, 0.3) is 0 Å². The first kappa shape index (κ1) is 17.4. The van der Waals surface area contributed by atoms with Gasteiger partial charge < -0.3 is 10.2 Å². The van der Waals surface area contributed by atoms with Gasteiger partial charge in [-0.05, 0) is 31.6 Å². The lowest BCUT2D eigenvalue weighted by Crippen LogP contribution is -2.19. The summed E-state index contributed by atoms with van der Waals surface area (Å²) in [5.41, 5.74) is 0. The van der Waals surface area contributed by atoms with Crippen molar-refractivity contribution in [3.63, 3.8) is 0 Å². The molecule has 0 amide bonds. The summed E-state index contributed by atoms with van der Waals surface area (Å²) >= 11 is 0. The molecule has 0 aromatic heterocycles. The highest BCUT2D eigenvalue weighted by Gasteiger charge is 2.20. The van der Waals surface area contributed by atoms with Gasteiger partial charge in [0, 0.05) is 6.42 Å². The average Bonchev–Trinajstić information content (AvgIpc) is 2.32. The Kier molecular flexibility index (Phi) is 9.49. The smallest absolute Gasteiger partial charge is 0.310 e. The van der Waals surface area contributed by atoms with Crippen molar-refractivity contribution in [2.24, 2.45) is 11.8 Å². The predicted octanol–water partition coefficient (Wildman–Crippen LogP) is 3.49. The van der Waals surface area contributed by atoms with E-state index in [1.165, 1.54) is 6.08 Å². The third kappa shape index (κ3) is 9.05. The molecule has 108 valence electrons. The van der Waals surface area contributed by atoms with Gasteiger partial charge in [-0.15, -0.1) is 6.58 Å². The molecule has 0 saturated heterocycles. The van der Waals surface area contributed by atoms with Crippen molar-refractivity contribution in [2.75, 3.05) is 0 Å². The molecule has 0 heterocycles. The van der Waals surface area contributed by atoms with Crippen LogP contribution >= 0.6 is 0 Å². The fraction of sp³-hybridized carbons (Fsp3) is 0.600. The van der Waals surface area contributed by atoms with Crippen LogP contribution in [0.4, 0.5) is 0 Å². The summed E-state index contributed by atoms with van der Waals surface area (Å²) in [6.07, 6.45) is 9.88. The Hall–Kier alpha value is -1.58. The molecule has 0 aromatic rings. The normalized spacial score (nSPS) is 14.2. The Labute approximate surface area is 114 Å². The van der Waals surface area contributed by atoms with Crippen LogP contribution in [-0.2, 0) is 9.59 Å². The van der Waals surface area contributed by atoms with E-state index in [0.29, 0.717) is 6.42 Å². The van der Waals surface area contributed by atoms with E-state index >= 15 is 0 Å². The zero-order valence-electron chi connectivity index (χ0n) is 11.5. The van der Waals surface area contributed by atoms with Gasteiger partial charge in [0.1, 0.15) is 0 Å². The highest BCUT2D eigenvalue weighted by Crippen LogP contribution is 2.20. The third-order valence-electron chi connectivity index (χ3n) is 3.12. The van der Waals surface area contributed by atoms with Crippen LogP contribution in [0.3, 0.4) is 0 Å². The Morgan fingerprint density at radius 3 is 2.32 bits per heavy atom. The molecule has 0 fully saturated rings. The topological polar surface area (TPSA) is 74.6 Å². The first-order chi connectivity index (χ1) is 8.99. The molecular formula is C15H24O4. The number of hydrogen-bond acceptors (Lipinski definition) is 2. The zero-order valence-corrected chi connectivity index (χ0v) is 11.5. The molecule has 2 N–H and O–H groups in total. The second kappa shape index (κ2) is 10.4. The fourth-order valence-electron chi connectivity index (χ4n) is 1.93. The summed E-state index contributed by atoms with van der Waals surface area (Å²) in [6.45, 7) is 5.49. The van der Waals surface area contributed by atoms with Crippen molar-refractivity contribution in [1.82, 2.24) is 0 Å². The first-order valence-electron chi connectivity index (χ1n) is 6.71. The quantitative estimate of drug-likeness (QED) is 0.444. The molecule has 0 saturated carbocycles. The molecule has 0 aromatic carbocycles. The van der Waals surface area contributed by atoms with Crippen LogP contribution in [0.15, 0.2) is 24.8 Å². The molecule has 0 rings (SSSR count). The van der Waals surface area contributed by atoms with Crippen molar-refractivity contribution < 1.29 is 19.8 Å². The molecule has 19 heavy (non-hydrogen) atoms. The molecule has 2 atom stereocenters. The molecular weight excluding hydrogens is 244 g/mol. The Morgan fingerprint density at radius 1 is 1.16 bits per heavy atom. The van der Waals surface area contributed by atoms with Crippen LogP contribution in [0, 0.1) is 11.8 Å². The van der Waals surface area contributed by atoms with Crippen LogP contribution in [0.1, 0.15) is 45.4 Å². The first-order valence-corrected chi connectivity index (χ1v) is 6.71. The van der Waals surface area contributed by atoms with Crippen LogP contribution < -0.4 is 0 Å². The van der Waals surface area contributed by atoms with E-state index in [-0.39, 0.29) is 12.3 Å². The van der Waals surface area contributed by atoms with Gasteiger partial charge in [-0.1, -0.05) is 31.6 Å². The maximum atomic E-state index is 10.9. The Balaban J connectivity index is 3.66. The molecule has 0 bridgehead atoms. The van der Waals surface area contributed by atoms with Crippen LogP contribution in [0.2, 0.25) is 0 Å². The lowest BCUT2D eigenvalue weighted by Gasteiger charge is -2.16. The molecule has 0 aliphatic heterocycles. The van der Waals surface area contributed by atoms with E-state index in [1.807, 2.05) is 19.1 Å². The van der Waals surface area contributed by atoms with E-state index in [4.69, 9.17) is 10.2 Å². The number of unbranched alkanes of at least 4 members (excludes halogenated alkanes) is 2. The second-order valence-electron chi connectivity index (χ2n) is 4.77. The second-order valence-corrected chi connectivity index (χ2v) is 4.77. The molecule has 0 aliphatic carbocycles. The predicted molar refractivity (Wildman–Crippen MR) is 75.0 cm³/mol. The van der Waals surface area contributed by atoms with Crippen molar-refractivity contribution in [3.05, 3.63) is 24.8 Å². The number of carbonyl (C=O) groups is 2. The maximum Gasteiger partial charge on any atom is 0.310 e. The lowest BCUT2D eigenvalue weighted by atomic mass is 9.89. The van der Waals surface area contributed by atoms with Gasteiger partial charge in [0.2, 0.25) is 0 Å². The van der Waals surface area contributed by atoms with E-state index in [1.54, 1.807) is 0 Å². The van der Waals surface area contributed by atoms with Gasteiger partial charge >= 0.3 is 11.9 Å². The molecule has 4 heteroatoms. The maximum absolute atomic E-state index is 10.9. The largest absolute Gasteiger partial charge is 0.481 e. The standard InChI is InChI=1S/C15H24O4/c1-3-13(15(18)19)12(2)10-8-6-4-5-7-9-11-14(16)17/h3,5,7,12-13H,1,4,6,8-11H2,2H3,(H,16,17)(H,18,19). The van der Waals surface area contributed by atoms with Crippen LogP contribution in [0.25, 0.3) is 0 Å². The summed E-state index contributed by atoms with van der Waals surface area (Å²) < 4.78 is 0. The zero-order chi connectivity index (χ0) is 14.7. The van der Waals surface area contributed by atoms with Gasteiger partial charge in [0.15, 0.2) is 0 Å². The number of hydrogen-bond donors (Lipinski definition) is 2. The summed E-state index contributed by atoms with van der Waals surface area (Å²) in [4.78, 5) is 21.2. The number of rotatable bonds is 11.